The van der Waals surface area contributed by atoms with Crippen molar-refractivity contribution in [3.05, 3.63) is 71.8 Å². The van der Waals surface area contributed by atoms with Gasteiger partial charge >= 0.3 is 0 Å². The van der Waals surface area contributed by atoms with E-state index in [1.807, 2.05) is 12.1 Å². The molecule has 0 amide bonds. The summed E-state index contributed by atoms with van der Waals surface area (Å²) in [5.74, 6) is 0.261. The Morgan fingerprint density at radius 2 is 1.50 bits per heavy atom. The first-order valence-electron chi connectivity index (χ1n) is 8.62. The normalized spacial score (nSPS) is 20.9. The zero-order valence-electron chi connectivity index (χ0n) is 14.2. The molecule has 1 aliphatic heterocycles. The molecule has 0 saturated carbocycles. The minimum Gasteiger partial charge on any atom is -0.379 e. The van der Waals surface area contributed by atoms with Crippen molar-refractivity contribution in [3.8, 4) is 0 Å². The maximum atomic E-state index is 11.8. The van der Waals surface area contributed by atoms with Crippen molar-refractivity contribution in [1.82, 2.24) is 4.90 Å². The van der Waals surface area contributed by atoms with Crippen LogP contribution in [0.2, 0.25) is 0 Å². The van der Waals surface area contributed by atoms with E-state index in [2.05, 4.69) is 53.4 Å². The Balaban J connectivity index is 1.77. The predicted octanol–water partition coefficient (Wildman–Crippen LogP) is 3.68. The number of carbonyl (C=O) groups is 1. The number of Topliss-reactive ketones (excluding diaryl/α,β-unsaturated/α-hetero) is 1. The van der Waals surface area contributed by atoms with Crippen LogP contribution >= 0.6 is 0 Å². The van der Waals surface area contributed by atoms with Crippen LogP contribution in [0.4, 0.5) is 0 Å². The Labute approximate surface area is 144 Å². The van der Waals surface area contributed by atoms with Crippen LogP contribution in [0.3, 0.4) is 0 Å². The number of rotatable bonds is 6. The summed E-state index contributed by atoms with van der Waals surface area (Å²) in [5, 5.41) is 0. The van der Waals surface area contributed by atoms with Gasteiger partial charge in [-0.2, -0.15) is 0 Å². The zero-order chi connectivity index (χ0) is 16.8. The van der Waals surface area contributed by atoms with Gasteiger partial charge in [-0.05, 0) is 24.5 Å². The molecular formula is C21H25NO2. The van der Waals surface area contributed by atoms with E-state index in [1.165, 1.54) is 11.1 Å². The van der Waals surface area contributed by atoms with E-state index in [0.717, 1.165) is 19.5 Å². The van der Waals surface area contributed by atoms with Crippen LogP contribution in [0.5, 0.6) is 0 Å². The predicted molar refractivity (Wildman–Crippen MR) is 95.5 cm³/mol. The average Bonchev–Trinajstić information content (AvgIpc) is 2.63. The summed E-state index contributed by atoms with van der Waals surface area (Å²) in [6.45, 7) is 4.68. The highest BCUT2D eigenvalue weighted by atomic mass is 16.5. The molecule has 2 aromatic carbocycles. The van der Waals surface area contributed by atoms with Crippen LogP contribution in [0.25, 0.3) is 0 Å². The van der Waals surface area contributed by atoms with Gasteiger partial charge in [0, 0.05) is 25.0 Å². The standard InChI is InChI=1S/C21H25NO2/c1-17(23)20-12-21(16-24-15-20)22(13-18-8-4-2-5-9-18)14-19-10-6-3-7-11-19/h2-11,20-21H,12-16H2,1H3. The van der Waals surface area contributed by atoms with Crippen molar-refractivity contribution in [2.24, 2.45) is 5.92 Å². The molecule has 1 saturated heterocycles. The molecule has 2 unspecified atom stereocenters. The summed E-state index contributed by atoms with van der Waals surface area (Å²) in [4.78, 5) is 14.2. The maximum absolute atomic E-state index is 11.8. The third-order valence-electron chi connectivity index (χ3n) is 4.73. The van der Waals surface area contributed by atoms with Gasteiger partial charge in [0.2, 0.25) is 0 Å². The van der Waals surface area contributed by atoms with Crippen LogP contribution in [0.1, 0.15) is 24.5 Å². The van der Waals surface area contributed by atoms with Crippen LogP contribution in [0, 0.1) is 5.92 Å². The lowest BCUT2D eigenvalue weighted by Gasteiger charge is -2.37. The molecule has 1 aliphatic rings. The number of nitrogens with zero attached hydrogens (tertiary/aromatic N) is 1. The van der Waals surface area contributed by atoms with Gasteiger partial charge in [-0.25, -0.2) is 0 Å². The Hall–Kier alpha value is -1.97. The van der Waals surface area contributed by atoms with E-state index in [0.29, 0.717) is 13.2 Å². The second kappa shape index (κ2) is 8.22. The van der Waals surface area contributed by atoms with Crippen molar-refractivity contribution in [2.75, 3.05) is 13.2 Å². The van der Waals surface area contributed by atoms with E-state index >= 15 is 0 Å². The molecule has 3 nitrogen and oxygen atoms in total. The van der Waals surface area contributed by atoms with Gasteiger partial charge in [-0.1, -0.05) is 60.7 Å². The molecule has 2 aromatic rings. The van der Waals surface area contributed by atoms with Crippen molar-refractivity contribution >= 4 is 5.78 Å². The van der Waals surface area contributed by atoms with Crippen LogP contribution in [0.15, 0.2) is 60.7 Å². The summed E-state index contributed by atoms with van der Waals surface area (Å²) in [7, 11) is 0. The van der Waals surface area contributed by atoms with Crippen LogP contribution < -0.4 is 0 Å². The molecule has 3 heteroatoms. The van der Waals surface area contributed by atoms with Crippen LogP contribution in [-0.2, 0) is 22.6 Å². The first-order valence-corrected chi connectivity index (χ1v) is 8.62. The number of ketones is 1. The highest BCUT2D eigenvalue weighted by Gasteiger charge is 2.29. The summed E-state index contributed by atoms with van der Waals surface area (Å²) in [5.41, 5.74) is 2.58. The Morgan fingerprint density at radius 3 is 2.00 bits per heavy atom. The van der Waals surface area contributed by atoms with Crippen molar-refractivity contribution < 1.29 is 9.53 Å². The minimum absolute atomic E-state index is 0.0257. The summed E-state index contributed by atoms with van der Waals surface area (Å²) in [6.07, 6.45) is 0.884. The minimum atomic E-state index is 0.0257. The van der Waals surface area contributed by atoms with E-state index in [1.54, 1.807) is 6.92 Å². The molecule has 0 radical (unpaired) electrons. The number of hydrogen-bond donors (Lipinski definition) is 0. The quantitative estimate of drug-likeness (QED) is 0.812. The largest absolute Gasteiger partial charge is 0.379 e. The highest BCUT2D eigenvalue weighted by Crippen LogP contribution is 2.23. The molecule has 1 heterocycles. The topological polar surface area (TPSA) is 29.5 Å². The first-order chi connectivity index (χ1) is 11.7. The van der Waals surface area contributed by atoms with Gasteiger partial charge < -0.3 is 4.74 Å². The van der Waals surface area contributed by atoms with Gasteiger partial charge in [-0.3, -0.25) is 9.69 Å². The first kappa shape index (κ1) is 16.9. The van der Waals surface area contributed by atoms with E-state index in [9.17, 15) is 4.79 Å². The molecule has 0 aromatic heterocycles. The summed E-state index contributed by atoms with van der Waals surface area (Å²) >= 11 is 0. The molecule has 2 atom stereocenters. The molecular weight excluding hydrogens is 298 g/mol. The second-order valence-corrected chi connectivity index (χ2v) is 6.61. The Kier molecular flexibility index (Phi) is 5.78. The number of ether oxygens (including phenoxy) is 1. The fraction of sp³-hybridized carbons (Fsp3) is 0.381. The SMILES string of the molecule is CC(=O)C1COCC(N(Cc2ccccc2)Cc2ccccc2)C1. The molecule has 126 valence electrons. The second-order valence-electron chi connectivity index (χ2n) is 6.61. The summed E-state index contributed by atoms with van der Waals surface area (Å²) < 4.78 is 5.75. The maximum Gasteiger partial charge on any atom is 0.135 e. The van der Waals surface area contributed by atoms with Crippen molar-refractivity contribution in [1.29, 1.82) is 0 Å². The monoisotopic (exact) mass is 323 g/mol. The fourth-order valence-corrected chi connectivity index (χ4v) is 3.30. The Morgan fingerprint density at radius 1 is 0.958 bits per heavy atom. The third kappa shape index (κ3) is 4.53. The van der Waals surface area contributed by atoms with Gasteiger partial charge in [0.15, 0.2) is 0 Å². The third-order valence-corrected chi connectivity index (χ3v) is 4.73. The number of carbonyl (C=O) groups excluding carboxylic acids is 1. The molecule has 0 aliphatic carbocycles. The highest BCUT2D eigenvalue weighted by molar-refractivity contribution is 5.78. The molecule has 24 heavy (non-hydrogen) atoms. The van der Waals surface area contributed by atoms with Crippen LogP contribution in [-0.4, -0.2) is 29.9 Å². The van der Waals surface area contributed by atoms with Gasteiger partial charge in [0.05, 0.1) is 13.2 Å². The Bertz CT molecular complexity index is 600. The van der Waals surface area contributed by atoms with Gasteiger partial charge in [-0.15, -0.1) is 0 Å². The van der Waals surface area contributed by atoms with Gasteiger partial charge in [0.1, 0.15) is 5.78 Å². The number of hydrogen-bond acceptors (Lipinski definition) is 3. The summed E-state index contributed by atoms with van der Waals surface area (Å²) in [6, 6.07) is 21.3. The number of benzene rings is 2. The van der Waals surface area contributed by atoms with Crippen molar-refractivity contribution in [2.45, 2.75) is 32.5 Å². The average molecular weight is 323 g/mol. The van der Waals surface area contributed by atoms with E-state index < -0.39 is 0 Å². The lowest BCUT2D eigenvalue weighted by Crippen LogP contribution is -2.44. The lowest BCUT2D eigenvalue weighted by atomic mass is 9.93. The van der Waals surface area contributed by atoms with E-state index in [4.69, 9.17) is 4.74 Å². The van der Waals surface area contributed by atoms with Crippen molar-refractivity contribution in [3.63, 3.8) is 0 Å². The fourth-order valence-electron chi connectivity index (χ4n) is 3.30. The van der Waals surface area contributed by atoms with E-state index in [-0.39, 0.29) is 17.7 Å². The molecule has 0 N–H and O–H groups in total. The smallest absolute Gasteiger partial charge is 0.135 e. The zero-order valence-corrected chi connectivity index (χ0v) is 14.2. The lowest BCUT2D eigenvalue weighted by molar-refractivity contribution is -0.127. The van der Waals surface area contributed by atoms with Gasteiger partial charge in [0.25, 0.3) is 0 Å². The molecule has 0 bridgehead atoms. The molecule has 1 fully saturated rings. The molecule has 3 rings (SSSR count). The molecule has 0 spiro atoms.